The zero-order valence-electron chi connectivity index (χ0n) is 16.9. The van der Waals surface area contributed by atoms with Gasteiger partial charge in [-0.15, -0.1) is 0 Å². The Labute approximate surface area is 192 Å². The van der Waals surface area contributed by atoms with Gasteiger partial charge in [-0.25, -0.2) is 9.78 Å². The van der Waals surface area contributed by atoms with Crippen molar-refractivity contribution < 1.29 is 13.9 Å². The summed E-state index contributed by atoms with van der Waals surface area (Å²) in [6.07, 6.45) is 1.51. The predicted molar refractivity (Wildman–Crippen MR) is 119 cm³/mol. The van der Waals surface area contributed by atoms with E-state index in [1.165, 1.54) is 0 Å². The van der Waals surface area contributed by atoms with Crippen molar-refractivity contribution in [1.29, 1.82) is 0 Å². The van der Waals surface area contributed by atoms with Crippen LogP contribution in [0.25, 0.3) is 10.9 Å². The molecule has 4 heterocycles. The minimum Gasteiger partial charge on any atom is -0.444 e. The second-order valence-corrected chi connectivity index (χ2v) is 10.3. The molecule has 3 fully saturated rings. The third-order valence-corrected chi connectivity index (χ3v) is 7.40. The highest BCUT2D eigenvalue weighted by Crippen LogP contribution is 2.41. The molecule has 0 aliphatic carbocycles. The molecular weight excluding hydrogens is 498 g/mol. The van der Waals surface area contributed by atoms with Crippen LogP contribution < -0.4 is 4.90 Å². The number of hydrogen-bond acceptors (Lipinski definition) is 5. The van der Waals surface area contributed by atoms with Crippen LogP contribution in [-0.2, 0) is 4.74 Å². The Morgan fingerprint density at radius 1 is 1.23 bits per heavy atom. The number of halogens is 4. The van der Waals surface area contributed by atoms with Crippen molar-refractivity contribution in [1.82, 2.24) is 14.9 Å². The van der Waals surface area contributed by atoms with E-state index in [2.05, 4.69) is 30.8 Å². The van der Waals surface area contributed by atoms with Crippen LogP contribution in [0.1, 0.15) is 40.0 Å². The molecule has 0 N–H and O–H groups in total. The maximum Gasteiger partial charge on any atom is 0.410 e. The van der Waals surface area contributed by atoms with Gasteiger partial charge in [-0.05, 0) is 62.0 Å². The molecule has 3 aliphatic rings. The van der Waals surface area contributed by atoms with E-state index in [-0.39, 0.29) is 23.2 Å². The van der Waals surface area contributed by atoms with Crippen molar-refractivity contribution in [3.63, 3.8) is 0 Å². The molecule has 2 atom stereocenters. The van der Waals surface area contributed by atoms with Crippen molar-refractivity contribution in [2.75, 3.05) is 18.0 Å². The van der Waals surface area contributed by atoms with E-state index in [4.69, 9.17) is 27.9 Å². The number of aromatic nitrogens is 2. The molecule has 3 aliphatic heterocycles. The monoisotopic (exact) mass is 518 g/mol. The average Bonchev–Trinajstić information content (AvgIpc) is 2.99. The normalized spacial score (nSPS) is 21.8. The van der Waals surface area contributed by atoms with Crippen LogP contribution in [0.15, 0.2) is 10.5 Å². The molecular formula is C20H22BrCl2FN4O2. The first-order chi connectivity index (χ1) is 14.0. The molecule has 6 nitrogen and oxygen atoms in total. The predicted octanol–water partition coefficient (Wildman–Crippen LogP) is 5.82. The fourth-order valence-electron chi connectivity index (χ4n) is 4.19. The van der Waals surface area contributed by atoms with Crippen LogP contribution in [-0.4, -0.2) is 51.7 Å². The number of ether oxygens (including phenoxy) is 1. The average molecular weight is 520 g/mol. The van der Waals surface area contributed by atoms with Crippen LogP contribution in [0.4, 0.5) is 15.0 Å². The molecule has 3 saturated heterocycles. The summed E-state index contributed by atoms with van der Waals surface area (Å²) in [6.45, 7) is 6.59. The zero-order chi connectivity index (χ0) is 21.8. The third-order valence-electron chi connectivity index (χ3n) is 5.45. The van der Waals surface area contributed by atoms with E-state index in [9.17, 15) is 9.18 Å². The lowest BCUT2D eigenvalue weighted by Crippen LogP contribution is -2.59. The molecule has 1 amide bonds. The standard InChI is InChI=1S/C20H22BrCl2FN4O2/c1-20(2,3)30-19(29)28-9-10-5-4-6-11(28)8-27(10)17-12-7-13(22)14(21)15(23)16(12)25-18(24)26-17/h7,10-11H,4-6,8-9H2,1-3H3. The van der Waals surface area contributed by atoms with Gasteiger partial charge in [0.25, 0.3) is 0 Å². The second-order valence-electron chi connectivity index (χ2n) is 8.72. The summed E-state index contributed by atoms with van der Waals surface area (Å²) >= 11 is 16.0. The van der Waals surface area contributed by atoms with Gasteiger partial charge in [0.2, 0.25) is 0 Å². The van der Waals surface area contributed by atoms with Crippen LogP contribution in [0, 0.1) is 6.08 Å². The Morgan fingerprint density at radius 2 is 1.93 bits per heavy atom. The molecule has 0 radical (unpaired) electrons. The Kier molecular flexibility index (Phi) is 5.79. The highest BCUT2D eigenvalue weighted by atomic mass is 79.9. The number of carbonyl (C=O) groups is 1. The molecule has 10 heteroatoms. The molecule has 2 unspecified atom stereocenters. The number of rotatable bonds is 1. The summed E-state index contributed by atoms with van der Waals surface area (Å²) in [7, 11) is 0. The highest BCUT2D eigenvalue weighted by Gasteiger charge is 2.41. The summed E-state index contributed by atoms with van der Waals surface area (Å²) in [6, 6.07) is 1.63. The molecule has 30 heavy (non-hydrogen) atoms. The molecule has 1 aromatic carbocycles. The van der Waals surface area contributed by atoms with Gasteiger partial charge in [-0.1, -0.05) is 23.2 Å². The Hall–Kier alpha value is -1.38. The molecule has 0 spiro atoms. The van der Waals surface area contributed by atoms with E-state index < -0.39 is 11.7 Å². The van der Waals surface area contributed by atoms with Gasteiger partial charge in [-0.2, -0.15) is 9.37 Å². The number of fused-ring (bicyclic) bond motifs is 5. The van der Waals surface area contributed by atoms with E-state index in [1.807, 2.05) is 20.8 Å². The Balaban J connectivity index is 1.73. The first-order valence-corrected chi connectivity index (χ1v) is 11.4. The van der Waals surface area contributed by atoms with Crippen molar-refractivity contribution in [3.05, 3.63) is 26.7 Å². The number of anilines is 1. The number of benzene rings is 1. The first-order valence-electron chi connectivity index (χ1n) is 9.82. The van der Waals surface area contributed by atoms with Gasteiger partial charge in [0.05, 0.1) is 26.1 Å². The van der Waals surface area contributed by atoms with Gasteiger partial charge in [0, 0.05) is 24.5 Å². The van der Waals surface area contributed by atoms with Crippen LogP contribution in [0.2, 0.25) is 10.0 Å². The first kappa shape index (κ1) is 21.8. The van der Waals surface area contributed by atoms with Crippen molar-refractivity contribution >= 4 is 61.9 Å². The van der Waals surface area contributed by atoms with Gasteiger partial charge in [0.1, 0.15) is 11.4 Å². The summed E-state index contributed by atoms with van der Waals surface area (Å²) in [5, 5.41) is 1.24. The number of nitrogens with zero attached hydrogens (tertiary/aromatic N) is 4. The van der Waals surface area contributed by atoms with E-state index >= 15 is 0 Å². The lowest BCUT2D eigenvalue weighted by molar-refractivity contribution is 0.0123. The summed E-state index contributed by atoms with van der Waals surface area (Å²) in [5.74, 6) is 0.453. The molecule has 2 aromatic rings. The lowest BCUT2D eigenvalue weighted by Gasteiger charge is -2.44. The maximum absolute atomic E-state index is 14.4. The Morgan fingerprint density at radius 3 is 2.63 bits per heavy atom. The molecule has 1 aromatic heterocycles. The van der Waals surface area contributed by atoms with Crippen molar-refractivity contribution in [2.45, 2.75) is 57.7 Å². The van der Waals surface area contributed by atoms with Gasteiger partial charge in [-0.3, -0.25) is 0 Å². The highest BCUT2D eigenvalue weighted by molar-refractivity contribution is 9.10. The molecule has 162 valence electrons. The van der Waals surface area contributed by atoms with Gasteiger partial charge in [0.15, 0.2) is 0 Å². The fraction of sp³-hybridized carbons (Fsp3) is 0.550. The third kappa shape index (κ3) is 4.06. The van der Waals surface area contributed by atoms with Gasteiger partial charge >= 0.3 is 12.2 Å². The van der Waals surface area contributed by atoms with E-state index in [0.717, 1.165) is 19.3 Å². The summed E-state index contributed by atoms with van der Waals surface area (Å²) in [4.78, 5) is 24.6. The molecule has 0 saturated carbocycles. The SMILES string of the molecule is CC(C)(C)OC(=O)N1CC2CCCC1CN2c1nc(F)nc2c(Cl)c(Br)c(Cl)cc12. The molecule has 5 rings (SSSR count). The largest absolute Gasteiger partial charge is 0.444 e. The number of piperazine rings is 1. The Bertz CT molecular complexity index is 1020. The van der Waals surface area contributed by atoms with E-state index in [0.29, 0.717) is 39.3 Å². The minimum atomic E-state index is -0.849. The molecule has 2 bridgehead atoms. The number of hydrogen-bond donors (Lipinski definition) is 0. The number of carbonyl (C=O) groups excluding carboxylic acids is 1. The van der Waals surface area contributed by atoms with Gasteiger partial charge < -0.3 is 14.5 Å². The van der Waals surface area contributed by atoms with Crippen LogP contribution >= 0.6 is 39.1 Å². The van der Waals surface area contributed by atoms with Crippen molar-refractivity contribution in [3.8, 4) is 0 Å². The number of amides is 1. The van der Waals surface area contributed by atoms with Crippen LogP contribution in [0.5, 0.6) is 0 Å². The maximum atomic E-state index is 14.4. The smallest absolute Gasteiger partial charge is 0.410 e. The van der Waals surface area contributed by atoms with Crippen LogP contribution in [0.3, 0.4) is 0 Å². The minimum absolute atomic E-state index is 0.0185. The lowest BCUT2D eigenvalue weighted by atomic mass is 10.1. The summed E-state index contributed by atoms with van der Waals surface area (Å²) in [5.41, 5.74) is -0.255. The van der Waals surface area contributed by atoms with Crippen molar-refractivity contribution in [2.24, 2.45) is 0 Å². The topological polar surface area (TPSA) is 58.6 Å². The zero-order valence-corrected chi connectivity index (χ0v) is 20.0. The quantitative estimate of drug-likeness (QED) is 0.351. The van der Waals surface area contributed by atoms with E-state index in [1.54, 1.807) is 11.0 Å². The summed E-state index contributed by atoms with van der Waals surface area (Å²) < 4.78 is 20.4. The fourth-order valence-corrected chi connectivity index (χ4v) is 4.99. The second kappa shape index (κ2) is 7.95.